The summed E-state index contributed by atoms with van der Waals surface area (Å²) in [6, 6.07) is 5.56. The first-order valence-electron chi connectivity index (χ1n) is 2.96. The Balaban J connectivity index is 0. The van der Waals surface area contributed by atoms with Gasteiger partial charge in [-0.25, -0.2) is 0 Å². The Kier molecular flexibility index (Phi) is 6.40. The van der Waals surface area contributed by atoms with Crippen LogP contribution in [0.1, 0.15) is 11.1 Å². The van der Waals surface area contributed by atoms with Gasteiger partial charge in [0.2, 0.25) is 0 Å². The second kappa shape index (κ2) is 5.31. The molecule has 0 aromatic heterocycles. The van der Waals surface area contributed by atoms with Gasteiger partial charge in [0.1, 0.15) is 5.75 Å². The maximum Gasteiger partial charge on any atom is 1.00 e. The van der Waals surface area contributed by atoms with Gasteiger partial charge in [-0.05, 0) is 25.5 Å². The number of aromatic hydroxyl groups is 1. The number of hydrogen-bond donors (Lipinski definition) is 1. The molecule has 1 radical (unpaired) electrons. The Labute approximate surface area is 81.2 Å². The second-order valence-electron chi connectivity index (χ2n) is 2.29. The van der Waals surface area contributed by atoms with Crippen molar-refractivity contribution >= 4 is 0 Å². The van der Waals surface area contributed by atoms with Crippen LogP contribution in [-0.2, 0) is 19.5 Å². The number of phenols is 1. The van der Waals surface area contributed by atoms with Gasteiger partial charge in [-0.3, -0.25) is 0 Å². The zero-order chi connectivity index (χ0) is 6.85. The molecule has 0 aliphatic carbocycles. The van der Waals surface area contributed by atoms with Crippen LogP contribution in [0, 0.1) is 21.3 Å². The monoisotopic (exact) mass is 239 g/mol. The molecule has 0 saturated carbocycles. The van der Waals surface area contributed by atoms with Crippen molar-refractivity contribution in [3.8, 4) is 5.75 Å². The van der Waals surface area contributed by atoms with E-state index in [2.05, 4.69) is 0 Å². The van der Waals surface area contributed by atoms with Gasteiger partial charge in [0.25, 0.3) is 0 Å². The summed E-state index contributed by atoms with van der Waals surface area (Å²) in [5.74, 6) is 0.376. The van der Waals surface area contributed by atoms with E-state index in [-0.39, 0.29) is 26.9 Å². The van der Waals surface area contributed by atoms with Crippen molar-refractivity contribution < 1.29 is 24.6 Å². The Morgan fingerprint density at radius 3 is 2.09 bits per heavy atom. The quantitative estimate of drug-likeness (QED) is 0.544. The molecule has 11 heavy (non-hydrogen) atoms. The summed E-state index contributed by atoms with van der Waals surface area (Å²) in [7, 11) is 0. The first-order valence-corrected chi connectivity index (χ1v) is 2.96. The second-order valence-corrected chi connectivity index (χ2v) is 2.29. The van der Waals surface area contributed by atoms with E-state index >= 15 is 0 Å². The van der Waals surface area contributed by atoms with Crippen molar-refractivity contribution in [1.29, 1.82) is 0 Å². The van der Waals surface area contributed by atoms with Crippen LogP contribution in [0.3, 0.4) is 0 Å². The molecule has 2 heteroatoms. The molecule has 1 N–H and O–H groups in total. The normalized spacial score (nSPS) is 7.82. The van der Waals surface area contributed by atoms with Crippen LogP contribution in [0.15, 0.2) is 18.2 Å². The van der Waals surface area contributed by atoms with E-state index < -0.39 is 0 Å². The fourth-order valence-electron chi connectivity index (χ4n) is 0.805. The number of benzene rings is 1. The SMILES string of the molecule is Cc1ccc(O)c(C)c1.[CH3-].[Ru+]. The summed E-state index contributed by atoms with van der Waals surface area (Å²) in [5, 5.41) is 9.04. The van der Waals surface area contributed by atoms with E-state index in [9.17, 15) is 0 Å². The first-order chi connectivity index (χ1) is 4.20. The summed E-state index contributed by atoms with van der Waals surface area (Å²) in [4.78, 5) is 0. The first kappa shape index (κ1) is 13.2. The minimum Gasteiger partial charge on any atom is -0.508 e. The molecule has 0 bridgehead atoms. The molecule has 0 unspecified atom stereocenters. The summed E-state index contributed by atoms with van der Waals surface area (Å²) in [6.07, 6.45) is 0. The van der Waals surface area contributed by atoms with Crippen LogP contribution in [0.2, 0.25) is 0 Å². The zero-order valence-electron chi connectivity index (χ0n) is 7.03. The molecule has 0 heterocycles. The van der Waals surface area contributed by atoms with Crippen LogP contribution in [0.4, 0.5) is 0 Å². The molecule has 0 fully saturated rings. The fourth-order valence-corrected chi connectivity index (χ4v) is 0.805. The molecule has 1 rings (SSSR count). The molecule has 63 valence electrons. The Morgan fingerprint density at radius 1 is 1.18 bits per heavy atom. The Morgan fingerprint density at radius 2 is 1.73 bits per heavy atom. The topological polar surface area (TPSA) is 20.2 Å². The fraction of sp³-hybridized carbons (Fsp3) is 0.222. The van der Waals surface area contributed by atoms with Crippen LogP contribution >= 0.6 is 0 Å². The van der Waals surface area contributed by atoms with Crippen LogP contribution < -0.4 is 0 Å². The van der Waals surface area contributed by atoms with E-state index in [1.165, 1.54) is 5.56 Å². The smallest absolute Gasteiger partial charge is 0.508 e. The standard InChI is InChI=1S/C8H10O.CH3.Ru/c1-6-3-4-8(9)7(2)5-6;;/h3-5,9H,1-2H3;1H3;/q;-1;+1. The van der Waals surface area contributed by atoms with Crippen molar-refractivity contribution in [2.24, 2.45) is 0 Å². The van der Waals surface area contributed by atoms with Crippen molar-refractivity contribution in [2.75, 3.05) is 0 Å². The van der Waals surface area contributed by atoms with Crippen LogP contribution in [0.5, 0.6) is 5.75 Å². The van der Waals surface area contributed by atoms with Gasteiger partial charge in [-0.1, -0.05) is 17.7 Å². The largest absolute Gasteiger partial charge is 1.00 e. The minimum atomic E-state index is 0. The number of aryl methyl sites for hydroxylation is 2. The maximum absolute atomic E-state index is 9.04. The maximum atomic E-state index is 9.04. The van der Waals surface area contributed by atoms with Crippen molar-refractivity contribution in [3.05, 3.63) is 36.8 Å². The molecule has 0 aliphatic heterocycles. The molecule has 0 aliphatic rings. The van der Waals surface area contributed by atoms with E-state index in [0.717, 1.165) is 5.56 Å². The third-order valence-electron chi connectivity index (χ3n) is 1.35. The molecule has 1 aromatic carbocycles. The molecule has 0 spiro atoms. The average molecular weight is 238 g/mol. The molecule has 1 nitrogen and oxygen atoms in total. The van der Waals surface area contributed by atoms with Gasteiger partial charge in [0.05, 0.1) is 0 Å². The predicted octanol–water partition coefficient (Wildman–Crippen LogP) is 2.46. The van der Waals surface area contributed by atoms with Gasteiger partial charge in [0, 0.05) is 0 Å². The predicted molar refractivity (Wildman–Crippen MR) is 44.0 cm³/mol. The van der Waals surface area contributed by atoms with E-state index in [4.69, 9.17) is 5.11 Å². The molecule has 0 amide bonds. The average Bonchev–Trinajstić information content (AvgIpc) is 1.80. The van der Waals surface area contributed by atoms with Gasteiger partial charge < -0.3 is 12.5 Å². The van der Waals surface area contributed by atoms with Gasteiger partial charge in [0.15, 0.2) is 0 Å². The molecular formula is C9H13ORu. The number of rotatable bonds is 0. The molecule has 1 aromatic rings. The van der Waals surface area contributed by atoms with Crippen LogP contribution in [-0.4, -0.2) is 5.11 Å². The van der Waals surface area contributed by atoms with Crippen molar-refractivity contribution in [3.63, 3.8) is 0 Å². The van der Waals surface area contributed by atoms with Crippen LogP contribution in [0.25, 0.3) is 0 Å². The van der Waals surface area contributed by atoms with Gasteiger partial charge >= 0.3 is 19.5 Å². The Bertz CT molecular complexity index is 221. The van der Waals surface area contributed by atoms with E-state index in [1.54, 1.807) is 6.07 Å². The molecular weight excluding hydrogens is 225 g/mol. The summed E-state index contributed by atoms with van der Waals surface area (Å²) in [6.45, 7) is 3.90. The number of phenolic OH excluding ortho intramolecular Hbond substituents is 1. The third-order valence-corrected chi connectivity index (χ3v) is 1.35. The summed E-state index contributed by atoms with van der Waals surface area (Å²) >= 11 is 0. The van der Waals surface area contributed by atoms with Gasteiger partial charge in [-0.2, -0.15) is 0 Å². The van der Waals surface area contributed by atoms with E-state index in [1.807, 2.05) is 26.0 Å². The van der Waals surface area contributed by atoms with E-state index in [0.29, 0.717) is 5.75 Å². The molecule has 0 saturated heterocycles. The zero-order valence-corrected chi connectivity index (χ0v) is 8.77. The summed E-state index contributed by atoms with van der Waals surface area (Å²) in [5.41, 5.74) is 2.13. The van der Waals surface area contributed by atoms with Crippen molar-refractivity contribution in [2.45, 2.75) is 13.8 Å². The number of hydrogen-bond acceptors (Lipinski definition) is 1. The summed E-state index contributed by atoms with van der Waals surface area (Å²) < 4.78 is 0. The minimum absolute atomic E-state index is 0. The van der Waals surface area contributed by atoms with Gasteiger partial charge in [-0.15, -0.1) is 0 Å². The van der Waals surface area contributed by atoms with Crippen molar-refractivity contribution in [1.82, 2.24) is 0 Å². The third kappa shape index (κ3) is 3.52. The molecule has 0 atom stereocenters. The Hall–Kier alpha value is -0.357.